The fraction of sp³-hybridized carbons (Fsp3) is 0.231. The molecule has 4 N–H and O–H groups in total. The van der Waals surface area contributed by atoms with Gasteiger partial charge in [-0.05, 0) is 39.9 Å². The lowest BCUT2D eigenvalue weighted by Gasteiger charge is -2.21. The number of aliphatic hydroxyl groups is 2. The summed E-state index contributed by atoms with van der Waals surface area (Å²) in [6.45, 7) is -0.219. The van der Waals surface area contributed by atoms with Crippen molar-refractivity contribution < 1.29 is 34.4 Å². The molecule has 0 radical (unpaired) electrons. The van der Waals surface area contributed by atoms with Crippen molar-refractivity contribution in [3.05, 3.63) is 89.0 Å². The van der Waals surface area contributed by atoms with Crippen LogP contribution in [0.2, 0.25) is 0 Å². The number of rotatable bonds is 8. The average molecular weight is 463 g/mol. The number of ether oxygens (including phenoxy) is 2. The van der Waals surface area contributed by atoms with E-state index in [1.165, 1.54) is 25.3 Å². The molecule has 0 aromatic heterocycles. The highest BCUT2D eigenvalue weighted by Crippen LogP contribution is 2.44. The maximum absolute atomic E-state index is 12.3. The Kier molecular flexibility index (Phi) is 6.81. The first-order valence-corrected chi connectivity index (χ1v) is 10.8. The van der Waals surface area contributed by atoms with Gasteiger partial charge in [-0.2, -0.15) is 0 Å². The van der Waals surface area contributed by atoms with Gasteiger partial charge in [0.25, 0.3) is 0 Å². The van der Waals surface area contributed by atoms with Crippen molar-refractivity contribution in [3.63, 3.8) is 0 Å². The van der Waals surface area contributed by atoms with E-state index in [9.17, 15) is 24.9 Å². The molecule has 0 spiro atoms. The van der Waals surface area contributed by atoms with Gasteiger partial charge in [0.2, 0.25) is 0 Å². The summed E-state index contributed by atoms with van der Waals surface area (Å²) in [5.41, 5.74) is 4.18. The largest absolute Gasteiger partial charge is 0.497 e. The number of methoxy groups -OCH3 is 1. The summed E-state index contributed by atoms with van der Waals surface area (Å²) in [7, 11) is 1.39. The Bertz CT molecular complexity index is 1160. The number of fused-ring (bicyclic) bond motifs is 3. The molecule has 8 nitrogen and oxygen atoms in total. The van der Waals surface area contributed by atoms with Crippen molar-refractivity contribution in [2.24, 2.45) is 0 Å². The summed E-state index contributed by atoms with van der Waals surface area (Å²) >= 11 is 0. The normalized spacial score (nSPS) is 14.0. The zero-order chi connectivity index (χ0) is 24.2. The number of alkyl carbamates (subject to hydrolysis) is 1. The molecule has 1 aliphatic rings. The molecular formula is C26H25NO7. The smallest absolute Gasteiger partial charge is 0.407 e. The third kappa shape index (κ3) is 4.59. The molecule has 0 bridgehead atoms. The van der Waals surface area contributed by atoms with Gasteiger partial charge in [0, 0.05) is 12.5 Å². The Labute approximate surface area is 196 Å². The van der Waals surface area contributed by atoms with Crippen LogP contribution in [0.4, 0.5) is 4.79 Å². The molecule has 1 aliphatic carbocycles. The molecule has 0 heterocycles. The van der Waals surface area contributed by atoms with E-state index >= 15 is 0 Å². The topological polar surface area (TPSA) is 125 Å². The van der Waals surface area contributed by atoms with E-state index < -0.39 is 24.3 Å². The number of nitrogens with one attached hydrogen (secondary N) is 1. The Morgan fingerprint density at radius 3 is 2.18 bits per heavy atom. The van der Waals surface area contributed by atoms with Crippen molar-refractivity contribution in [1.29, 1.82) is 0 Å². The summed E-state index contributed by atoms with van der Waals surface area (Å²) in [6, 6.07) is 20.0. The lowest BCUT2D eigenvalue weighted by Crippen LogP contribution is -2.36. The quantitative estimate of drug-likeness (QED) is 0.404. The first-order valence-electron chi connectivity index (χ1n) is 10.8. The Morgan fingerprint density at radius 1 is 0.971 bits per heavy atom. The van der Waals surface area contributed by atoms with E-state index in [1.807, 2.05) is 48.5 Å². The molecule has 0 aliphatic heterocycles. The zero-order valence-corrected chi connectivity index (χ0v) is 18.5. The second kappa shape index (κ2) is 9.94. The summed E-state index contributed by atoms with van der Waals surface area (Å²) in [5, 5.41) is 32.7. The number of amides is 1. The van der Waals surface area contributed by atoms with Gasteiger partial charge >= 0.3 is 12.1 Å². The van der Waals surface area contributed by atoms with Gasteiger partial charge in [-0.15, -0.1) is 0 Å². The lowest BCUT2D eigenvalue weighted by atomic mass is 9.98. The minimum Gasteiger partial charge on any atom is -0.497 e. The minimum absolute atomic E-state index is 0.00939. The number of benzene rings is 3. The summed E-state index contributed by atoms with van der Waals surface area (Å²) in [5.74, 6) is -1.07. The van der Waals surface area contributed by atoms with Crippen LogP contribution in [0.15, 0.2) is 66.7 Å². The molecule has 0 saturated heterocycles. The van der Waals surface area contributed by atoms with Gasteiger partial charge in [0.1, 0.15) is 24.6 Å². The average Bonchev–Trinajstić information content (AvgIpc) is 3.18. The fourth-order valence-corrected chi connectivity index (χ4v) is 4.26. The second-order valence-electron chi connectivity index (χ2n) is 7.98. The molecule has 4 rings (SSSR count). The Balaban J connectivity index is 1.36. The van der Waals surface area contributed by atoms with Crippen molar-refractivity contribution in [2.45, 2.75) is 18.1 Å². The first kappa shape index (κ1) is 23.3. The molecule has 0 fully saturated rings. The highest BCUT2D eigenvalue weighted by Gasteiger charge is 2.29. The van der Waals surface area contributed by atoms with Gasteiger partial charge in [-0.1, -0.05) is 54.6 Å². The molecule has 176 valence electrons. The summed E-state index contributed by atoms with van der Waals surface area (Å²) in [6.07, 6.45) is -3.74. The van der Waals surface area contributed by atoms with Crippen LogP contribution in [0.1, 0.15) is 39.1 Å². The Hall–Kier alpha value is -3.88. The van der Waals surface area contributed by atoms with Gasteiger partial charge in [-0.25, -0.2) is 9.59 Å². The third-order valence-electron chi connectivity index (χ3n) is 5.97. The number of carboxylic acids is 1. The van der Waals surface area contributed by atoms with E-state index in [1.54, 1.807) is 0 Å². The van der Waals surface area contributed by atoms with Crippen molar-refractivity contribution in [2.75, 3.05) is 20.3 Å². The molecule has 1 amide bonds. The van der Waals surface area contributed by atoms with Crippen LogP contribution in [-0.2, 0) is 4.74 Å². The monoisotopic (exact) mass is 463 g/mol. The van der Waals surface area contributed by atoms with E-state index in [-0.39, 0.29) is 30.2 Å². The molecule has 2 unspecified atom stereocenters. The third-order valence-corrected chi connectivity index (χ3v) is 5.97. The Morgan fingerprint density at radius 2 is 1.59 bits per heavy atom. The van der Waals surface area contributed by atoms with Gasteiger partial charge in [0.05, 0.1) is 12.7 Å². The summed E-state index contributed by atoms with van der Waals surface area (Å²) in [4.78, 5) is 23.8. The van der Waals surface area contributed by atoms with Crippen LogP contribution in [0, 0.1) is 0 Å². The van der Waals surface area contributed by atoms with Gasteiger partial charge in [0.15, 0.2) is 0 Å². The van der Waals surface area contributed by atoms with E-state index in [2.05, 4.69) is 5.32 Å². The molecule has 34 heavy (non-hydrogen) atoms. The number of carboxylic acid groups (broad SMARTS) is 1. The maximum Gasteiger partial charge on any atom is 0.407 e. The molecular weight excluding hydrogens is 438 g/mol. The highest BCUT2D eigenvalue weighted by molar-refractivity contribution is 5.90. The number of hydrogen-bond acceptors (Lipinski definition) is 6. The van der Waals surface area contributed by atoms with E-state index in [4.69, 9.17) is 9.47 Å². The van der Waals surface area contributed by atoms with E-state index in [0.717, 1.165) is 22.3 Å². The van der Waals surface area contributed by atoms with Crippen molar-refractivity contribution >= 4 is 12.1 Å². The van der Waals surface area contributed by atoms with Gasteiger partial charge in [-0.3, -0.25) is 0 Å². The second-order valence-corrected chi connectivity index (χ2v) is 7.98. The number of carbonyl (C=O) groups is 2. The zero-order valence-electron chi connectivity index (χ0n) is 18.5. The lowest BCUT2D eigenvalue weighted by molar-refractivity contribution is 0.0175. The minimum atomic E-state index is -1.54. The van der Waals surface area contributed by atoms with Crippen molar-refractivity contribution in [1.82, 2.24) is 5.32 Å². The fourth-order valence-electron chi connectivity index (χ4n) is 4.26. The van der Waals surface area contributed by atoms with Crippen LogP contribution in [0.25, 0.3) is 11.1 Å². The van der Waals surface area contributed by atoms with Crippen LogP contribution in [0.5, 0.6) is 5.75 Å². The maximum atomic E-state index is 12.3. The highest BCUT2D eigenvalue weighted by atomic mass is 16.5. The molecule has 3 aromatic carbocycles. The van der Waals surface area contributed by atoms with Crippen molar-refractivity contribution in [3.8, 4) is 16.9 Å². The van der Waals surface area contributed by atoms with Crippen LogP contribution in [0.3, 0.4) is 0 Å². The summed E-state index contributed by atoms with van der Waals surface area (Å²) < 4.78 is 10.4. The standard InChI is InChI=1S/C26H25NO7/c1-33-15-10-11-20(21(12-15)25(30)31)24(29)23(28)13-27-26(32)34-14-22-18-8-4-2-6-16(18)17-7-3-5-9-19(17)22/h2-12,22-24,28-29H,13-14H2,1H3,(H,27,32)(H,30,31). The van der Waals surface area contributed by atoms with Gasteiger partial charge < -0.3 is 30.1 Å². The predicted molar refractivity (Wildman–Crippen MR) is 124 cm³/mol. The van der Waals surface area contributed by atoms with E-state index in [0.29, 0.717) is 5.75 Å². The van der Waals surface area contributed by atoms with Crippen LogP contribution >= 0.6 is 0 Å². The molecule has 2 atom stereocenters. The molecule has 3 aromatic rings. The first-order chi connectivity index (χ1) is 16.4. The SMILES string of the molecule is COc1ccc(C(O)C(O)CNC(=O)OCC2c3ccccc3-c3ccccc32)c(C(=O)O)c1. The molecule has 8 heteroatoms. The number of aliphatic hydroxyl groups excluding tert-OH is 2. The number of hydrogen-bond donors (Lipinski definition) is 4. The number of aromatic carboxylic acids is 1. The molecule has 0 saturated carbocycles. The number of carbonyl (C=O) groups excluding carboxylic acids is 1. The van der Waals surface area contributed by atoms with Crippen LogP contribution in [-0.4, -0.2) is 53.7 Å². The van der Waals surface area contributed by atoms with Crippen LogP contribution < -0.4 is 10.1 Å². The predicted octanol–water partition coefficient (Wildman–Crippen LogP) is 3.33.